The minimum Gasteiger partial charge on any atom is -0.493 e. The summed E-state index contributed by atoms with van der Waals surface area (Å²) in [5.41, 5.74) is 4.25. The van der Waals surface area contributed by atoms with E-state index in [1.54, 1.807) is 18.2 Å². The number of ether oxygens (including phenoxy) is 2. The van der Waals surface area contributed by atoms with Crippen molar-refractivity contribution >= 4 is 34.9 Å². The van der Waals surface area contributed by atoms with Crippen LogP contribution in [0.15, 0.2) is 46.3 Å². The van der Waals surface area contributed by atoms with E-state index in [0.29, 0.717) is 21.7 Å². The highest BCUT2D eigenvalue weighted by atomic mass is 32.2. The molecule has 0 aliphatic carbocycles. The van der Waals surface area contributed by atoms with Crippen molar-refractivity contribution in [2.24, 2.45) is 10.7 Å². The van der Waals surface area contributed by atoms with E-state index < -0.39 is 23.5 Å². The van der Waals surface area contributed by atoms with Gasteiger partial charge in [-0.25, -0.2) is 4.79 Å². The number of nitriles is 1. The van der Waals surface area contributed by atoms with Gasteiger partial charge in [-0.1, -0.05) is 6.07 Å². The molecule has 1 heterocycles. The molecule has 1 aliphatic heterocycles. The number of halogens is 3. The zero-order valence-electron chi connectivity index (χ0n) is 18.1. The molecule has 3 amide bonds. The maximum absolute atomic E-state index is 13.4. The average Bonchev–Trinajstić information content (AvgIpc) is 3.15. The predicted octanol–water partition coefficient (Wildman–Crippen LogP) is 3.61. The Labute approximate surface area is 201 Å². The fourth-order valence-corrected chi connectivity index (χ4v) is 3.72. The molecular formula is C22H18F3N5O4S. The summed E-state index contributed by atoms with van der Waals surface area (Å²) in [5.74, 6) is -0.731. The van der Waals surface area contributed by atoms with Crippen LogP contribution in [0.2, 0.25) is 0 Å². The highest BCUT2D eigenvalue weighted by molar-refractivity contribution is 8.18. The van der Waals surface area contributed by atoms with Gasteiger partial charge in [0, 0.05) is 6.54 Å². The Hall–Kier alpha value is -4.18. The van der Waals surface area contributed by atoms with Gasteiger partial charge in [-0.15, -0.1) is 0 Å². The summed E-state index contributed by atoms with van der Waals surface area (Å²) in [4.78, 5) is 27.4. The fraction of sp³-hybridized carbons (Fsp3) is 0.182. The van der Waals surface area contributed by atoms with Gasteiger partial charge in [0.05, 0.1) is 35.8 Å². The first-order valence-electron chi connectivity index (χ1n) is 9.86. The number of hydrogen-bond acceptors (Lipinski definition) is 7. The van der Waals surface area contributed by atoms with Crippen molar-refractivity contribution in [1.82, 2.24) is 10.6 Å². The highest BCUT2D eigenvalue weighted by Gasteiger charge is 2.35. The molecule has 2 aromatic carbocycles. The zero-order chi connectivity index (χ0) is 25.6. The molecule has 13 heteroatoms. The molecule has 3 rings (SSSR count). The number of benzene rings is 2. The number of rotatable bonds is 7. The Kier molecular flexibility index (Phi) is 7.87. The van der Waals surface area contributed by atoms with Crippen molar-refractivity contribution < 1.29 is 32.2 Å². The first kappa shape index (κ1) is 25.4. The number of amides is 3. The number of amidine groups is 1. The van der Waals surface area contributed by atoms with Crippen LogP contribution in [0.5, 0.6) is 17.2 Å². The standard InChI is InChI=1S/C22H18F3N5O4S/c1-33-17-9-12(10-18-19(31)30-21(35-18)29-7-6-28-20(27)32)2-5-16(17)34-15-4-3-13(11-26)8-14(15)22(23,24)25/h2-5,8-10H,6-7H2,1H3,(H3,27,28,32)(H,29,30,31)/b18-10+. The number of nitrogens with one attached hydrogen (secondary N) is 2. The molecule has 0 unspecified atom stereocenters. The molecule has 2 aromatic rings. The summed E-state index contributed by atoms with van der Waals surface area (Å²) in [6.07, 6.45) is -3.18. The molecule has 1 fully saturated rings. The second-order valence-corrected chi connectivity index (χ2v) is 7.91. The summed E-state index contributed by atoms with van der Waals surface area (Å²) in [7, 11) is 1.32. The maximum atomic E-state index is 13.4. The Bertz CT molecular complexity index is 1250. The molecular weight excluding hydrogens is 487 g/mol. The number of aliphatic imine (C=N–C) groups is 1. The van der Waals surface area contributed by atoms with Crippen molar-refractivity contribution in [3.8, 4) is 23.3 Å². The smallest absolute Gasteiger partial charge is 0.420 e. The number of nitrogens with two attached hydrogens (primary N) is 1. The number of thioether (sulfide) groups is 1. The second-order valence-electron chi connectivity index (χ2n) is 6.88. The lowest BCUT2D eigenvalue weighted by Gasteiger charge is -2.16. The molecule has 0 aromatic heterocycles. The minimum atomic E-state index is -4.73. The first-order chi connectivity index (χ1) is 16.6. The average molecular weight is 505 g/mol. The third-order valence-electron chi connectivity index (χ3n) is 4.44. The molecule has 9 nitrogen and oxygen atoms in total. The van der Waals surface area contributed by atoms with Gasteiger partial charge in [0.15, 0.2) is 16.7 Å². The molecule has 0 radical (unpaired) electrons. The van der Waals surface area contributed by atoms with Crippen LogP contribution in [0.4, 0.5) is 18.0 Å². The summed E-state index contributed by atoms with van der Waals surface area (Å²) in [5, 5.41) is 14.2. The normalized spacial score (nSPS) is 15.6. The Morgan fingerprint density at radius 1 is 1.26 bits per heavy atom. The lowest BCUT2D eigenvalue weighted by molar-refractivity contribution is -0.138. The number of methoxy groups -OCH3 is 1. The third-order valence-corrected chi connectivity index (χ3v) is 5.38. The van der Waals surface area contributed by atoms with E-state index >= 15 is 0 Å². The van der Waals surface area contributed by atoms with Crippen LogP contribution in [0.3, 0.4) is 0 Å². The Morgan fingerprint density at radius 2 is 2.00 bits per heavy atom. The largest absolute Gasteiger partial charge is 0.493 e. The molecule has 4 N–H and O–H groups in total. The molecule has 0 atom stereocenters. The van der Waals surface area contributed by atoms with Gasteiger partial charge in [-0.05, 0) is 53.7 Å². The van der Waals surface area contributed by atoms with E-state index in [0.717, 1.165) is 17.8 Å². The second kappa shape index (κ2) is 10.8. The summed E-state index contributed by atoms with van der Waals surface area (Å²) >= 11 is 1.08. The monoisotopic (exact) mass is 505 g/mol. The molecule has 1 aliphatic rings. The van der Waals surface area contributed by atoms with Gasteiger partial charge in [-0.2, -0.15) is 18.4 Å². The molecule has 0 bridgehead atoms. The van der Waals surface area contributed by atoms with E-state index in [9.17, 15) is 22.8 Å². The van der Waals surface area contributed by atoms with Gasteiger partial charge in [0.25, 0.3) is 5.91 Å². The molecule has 1 saturated heterocycles. The third kappa shape index (κ3) is 6.67. The summed E-state index contributed by atoms with van der Waals surface area (Å²) < 4.78 is 51.1. The SMILES string of the molecule is COc1cc(/C=C2/SC(=NCCNC(N)=O)NC2=O)ccc1Oc1ccc(C#N)cc1C(F)(F)F. The quantitative estimate of drug-likeness (QED) is 0.388. The van der Waals surface area contributed by atoms with Crippen molar-refractivity contribution in [3.63, 3.8) is 0 Å². The molecule has 35 heavy (non-hydrogen) atoms. The van der Waals surface area contributed by atoms with E-state index in [-0.39, 0.29) is 36.1 Å². The van der Waals surface area contributed by atoms with Crippen LogP contribution in [0.25, 0.3) is 6.08 Å². The highest BCUT2D eigenvalue weighted by Crippen LogP contribution is 2.41. The first-order valence-corrected chi connectivity index (χ1v) is 10.7. The van der Waals surface area contributed by atoms with Gasteiger partial charge in [0.2, 0.25) is 0 Å². The number of carbonyl (C=O) groups excluding carboxylic acids is 2. The van der Waals surface area contributed by atoms with E-state index in [1.165, 1.54) is 25.3 Å². The van der Waals surface area contributed by atoms with Crippen molar-refractivity contribution in [1.29, 1.82) is 5.26 Å². The summed E-state index contributed by atoms with van der Waals surface area (Å²) in [6.45, 7) is 0.427. The van der Waals surface area contributed by atoms with Crippen molar-refractivity contribution in [3.05, 3.63) is 58.0 Å². The number of nitrogens with zero attached hydrogens (tertiary/aromatic N) is 2. The Balaban J connectivity index is 1.80. The molecule has 0 spiro atoms. The van der Waals surface area contributed by atoms with E-state index in [1.807, 2.05) is 0 Å². The molecule has 0 saturated carbocycles. The zero-order valence-corrected chi connectivity index (χ0v) is 18.9. The minimum absolute atomic E-state index is 0.0117. The van der Waals surface area contributed by atoms with E-state index in [2.05, 4.69) is 15.6 Å². The lowest BCUT2D eigenvalue weighted by Crippen LogP contribution is -2.31. The number of carbonyl (C=O) groups is 2. The number of primary amides is 1. The van der Waals surface area contributed by atoms with Crippen LogP contribution < -0.4 is 25.8 Å². The van der Waals surface area contributed by atoms with Gasteiger partial charge in [0.1, 0.15) is 5.75 Å². The lowest BCUT2D eigenvalue weighted by atomic mass is 10.1. The van der Waals surface area contributed by atoms with Gasteiger partial charge >= 0.3 is 12.2 Å². The van der Waals surface area contributed by atoms with Crippen LogP contribution in [0, 0.1) is 11.3 Å². The number of alkyl halides is 3. The van der Waals surface area contributed by atoms with Crippen molar-refractivity contribution in [2.45, 2.75) is 6.18 Å². The van der Waals surface area contributed by atoms with Gasteiger partial charge in [-0.3, -0.25) is 9.79 Å². The predicted molar refractivity (Wildman–Crippen MR) is 123 cm³/mol. The topological polar surface area (TPSA) is 139 Å². The van der Waals surface area contributed by atoms with Crippen LogP contribution in [0.1, 0.15) is 16.7 Å². The van der Waals surface area contributed by atoms with Crippen LogP contribution >= 0.6 is 11.8 Å². The number of urea groups is 1. The van der Waals surface area contributed by atoms with Crippen molar-refractivity contribution in [2.75, 3.05) is 20.2 Å². The number of hydrogen-bond donors (Lipinski definition) is 3. The maximum Gasteiger partial charge on any atom is 0.420 e. The fourth-order valence-electron chi connectivity index (χ4n) is 2.88. The Morgan fingerprint density at radius 3 is 2.66 bits per heavy atom. The van der Waals surface area contributed by atoms with E-state index in [4.69, 9.17) is 20.5 Å². The van der Waals surface area contributed by atoms with Gasteiger partial charge < -0.3 is 25.8 Å². The van der Waals surface area contributed by atoms with Crippen LogP contribution in [-0.2, 0) is 11.0 Å². The summed E-state index contributed by atoms with van der Waals surface area (Å²) in [6, 6.07) is 8.43. The molecule has 182 valence electrons. The van der Waals surface area contributed by atoms with Crippen LogP contribution in [-0.4, -0.2) is 37.3 Å².